The van der Waals surface area contributed by atoms with Gasteiger partial charge in [-0.3, -0.25) is 28.9 Å². The Labute approximate surface area is 186 Å². The molecule has 0 spiro atoms. The smallest absolute Gasteiger partial charge is 0.235 e. The van der Waals surface area contributed by atoms with Gasteiger partial charge in [-0.15, -0.1) is 0 Å². The van der Waals surface area contributed by atoms with Gasteiger partial charge in [0.15, 0.2) is 29.1 Å². The van der Waals surface area contributed by atoms with Crippen LogP contribution in [0.3, 0.4) is 0 Å². The molecular weight excluding hydrogens is 503 g/mol. The molecule has 30 heavy (non-hydrogen) atoms. The number of halogens is 1. The molecule has 6 atom stereocenters. The molecule has 0 saturated heterocycles. The van der Waals surface area contributed by atoms with Gasteiger partial charge in [0, 0.05) is 3.57 Å². The highest BCUT2D eigenvalue weighted by molar-refractivity contribution is 14.1. The molecule has 0 bridgehead atoms. The molecule has 1 aromatic carbocycles. The molecule has 2 saturated carbocycles. The number of carbonyl (C=O) groups is 5. The van der Waals surface area contributed by atoms with Crippen LogP contribution in [0.25, 0.3) is 0 Å². The molecule has 3 aliphatic rings. The van der Waals surface area contributed by atoms with E-state index in [2.05, 4.69) is 22.6 Å². The number of benzene rings is 1. The minimum Gasteiger partial charge on any atom is -0.507 e. The van der Waals surface area contributed by atoms with Crippen molar-refractivity contribution in [2.75, 3.05) is 14.1 Å². The summed E-state index contributed by atoms with van der Waals surface area (Å²) < 4.78 is 0.815. The van der Waals surface area contributed by atoms with E-state index < -0.39 is 58.8 Å². The van der Waals surface area contributed by atoms with Crippen LogP contribution in [0.15, 0.2) is 12.1 Å². The molecule has 0 aliphatic heterocycles. The number of hydrogen-bond acceptors (Lipinski definition) is 7. The van der Waals surface area contributed by atoms with E-state index in [-0.39, 0.29) is 17.2 Å². The number of hydrogen-bond donors (Lipinski definition) is 2. The van der Waals surface area contributed by atoms with Crippen LogP contribution in [0.5, 0.6) is 5.75 Å². The lowest BCUT2D eigenvalue weighted by atomic mass is 9.54. The van der Waals surface area contributed by atoms with Crippen molar-refractivity contribution in [3.05, 3.63) is 26.8 Å². The lowest BCUT2D eigenvalue weighted by Gasteiger charge is -2.48. The standard InChI is InChI=1S/C21H21IN2O6/c1-24(2)16-9-6-7-5-8-10(22)3-4-11(25)13(8)17(26)12(7)18(27)14(9)19(28)15(20(16)29)21(23)30/h3-4,7,9,12,14-16,25H,5-6H2,1-2H3,(H2,23,30)/t7?,9?,12?,14?,15?,16-/m0/s1. The molecule has 3 aliphatic carbocycles. The highest BCUT2D eigenvalue weighted by Crippen LogP contribution is 2.49. The van der Waals surface area contributed by atoms with Gasteiger partial charge in [0.1, 0.15) is 5.75 Å². The van der Waals surface area contributed by atoms with E-state index in [4.69, 9.17) is 5.73 Å². The maximum absolute atomic E-state index is 13.5. The normalized spacial score (nSPS) is 33.2. The Bertz CT molecular complexity index is 1020. The van der Waals surface area contributed by atoms with E-state index in [0.717, 1.165) is 3.57 Å². The second-order valence-electron chi connectivity index (χ2n) is 8.55. The number of likely N-dealkylation sites (N-methyl/N-ethyl adjacent to an activating group) is 1. The molecule has 1 amide bonds. The van der Waals surface area contributed by atoms with Crippen LogP contribution < -0.4 is 5.73 Å². The minimum atomic E-state index is -1.68. The third-order valence-corrected chi connectivity index (χ3v) is 7.74. The monoisotopic (exact) mass is 524 g/mol. The summed E-state index contributed by atoms with van der Waals surface area (Å²) in [6.07, 6.45) is 0.721. The minimum absolute atomic E-state index is 0.130. The number of phenolic OH excluding ortho intramolecular Hbond substituents is 1. The van der Waals surface area contributed by atoms with Crippen molar-refractivity contribution in [2.45, 2.75) is 18.9 Å². The van der Waals surface area contributed by atoms with E-state index in [1.54, 1.807) is 25.1 Å². The molecule has 1 aromatic rings. The number of aromatic hydroxyl groups is 1. The molecule has 2 fully saturated rings. The summed E-state index contributed by atoms with van der Waals surface area (Å²) in [7, 11) is 3.32. The summed E-state index contributed by atoms with van der Waals surface area (Å²) in [5, 5.41) is 10.3. The van der Waals surface area contributed by atoms with E-state index in [1.165, 1.54) is 6.07 Å². The number of nitrogens with zero attached hydrogens (tertiary/aromatic N) is 1. The van der Waals surface area contributed by atoms with Crippen molar-refractivity contribution >= 4 is 51.6 Å². The van der Waals surface area contributed by atoms with Gasteiger partial charge in [0.2, 0.25) is 5.91 Å². The summed E-state index contributed by atoms with van der Waals surface area (Å²) in [6, 6.07) is 2.32. The van der Waals surface area contributed by atoms with Crippen LogP contribution >= 0.6 is 22.6 Å². The summed E-state index contributed by atoms with van der Waals surface area (Å²) in [5.74, 6) is -8.68. The number of rotatable bonds is 2. The molecular formula is C21H21IN2O6. The molecule has 0 aromatic heterocycles. The second-order valence-corrected chi connectivity index (χ2v) is 9.72. The number of fused-ring (bicyclic) bond motifs is 3. The van der Waals surface area contributed by atoms with Crippen molar-refractivity contribution < 1.29 is 29.1 Å². The molecule has 0 heterocycles. The predicted molar refractivity (Wildman–Crippen MR) is 113 cm³/mol. The first-order chi connectivity index (χ1) is 14.1. The quantitative estimate of drug-likeness (QED) is 0.422. The van der Waals surface area contributed by atoms with Gasteiger partial charge in [-0.1, -0.05) is 0 Å². The second kappa shape index (κ2) is 7.23. The molecule has 4 rings (SSSR count). The van der Waals surface area contributed by atoms with Crippen molar-refractivity contribution in [1.29, 1.82) is 0 Å². The fourth-order valence-electron chi connectivity index (χ4n) is 5.59. The summed E-state index contributed by atoms with van der Waals surface area (Å²) in [4.78, 5) is 66.1. The van der Waals surface area contributed by atoms with Crippen LogP contribution in [0.1, 0.15) is 22.3 Å². The van der Waals surface area contributed by atoms with Gasteiger partial charge in [-0.2, -0.15) is 0 Å². The van der Waals surface area contributed by atoms with Crippen LogP contribution in [-0.2, 0) is 25.6 Å². The molecule has 158 valence electrons. The summed E-state index contributed by atoms with van der Waals surface area (Å²) in [5.41, 5.74) is 6.15. The van der Waals surface area contributed by atoms with Crippen LogP contribution in [0.4, 0.5) is 0 Å². The number of primary amides is 1. The number of Topliss-reactive ketones (excluding diaryl/α,β-unsaturated/α-hetero) is 4. The largest absolute Gasteiger partial charge is 0.507 e. The average Bonchev–Trinajstić information content (AvgIpc) is 2.63. The number of carbonyl (C=O) groups excluding carboxylic acids is 5. The number of ketones is 4. The van der Waals surface area contributed by atoms with Gasteiger partial charge >= 0.3 is 0 Å². The van der Waals surface area contributed by atoms with Gasteiger partial charge in [-0.05, 0) is 79.1 Å². The number of nitrogens with two attached hydrogens (primary N) is 1. The first-order valence-electron chi connectivity index (χ1n) is 9.67. The molecule has 9 heteroatoms. The average molecular weight is 524 g/mol. The topological polar surface area (TPSA) is 135 Å². The number of amides is 1. The van der Waals surface area contributed by atoms with Crippen molar-refractivity contribution in [1.82, 2.24) is 4.90 Å². The highest BCUT2D eigenvalue weighted by Gasteiger charge is 2.61. The lowest BCUT2D eigenvalue weighted by Crippen LogP contribution is -2.64. The van der Waals surface area contributed by atoms with Gasteiger partial charge < -0.3 is 10.8 Å². The van der Waals surface area contributed by atoms with E-state index in [9.17, 15) is 29.1 Å². The Hall–Kier alpha value is -2.14. The SMILES string of the molecule is CN(C)[C@@H]1C(=O)C(C(N)=O)C(=O)C2C(=O)C3C(=O)c4c(O)ccc(I)c4CC3CC21. The Morgan fingerprint density at radius 3 is 2.37 bits per heavy atom. The molecule has 5 unspecified atom stereocenters. The Balaban J connectivity index is 1.83. The third kappa shape index (κ3) is 2.85. The van der Waals surface area contributed by atoms with Crippen LogP contribution in [-0.4, -0.2) is 59.2 Å². The highest BCUT2D eigenvalue weighted by atomic mass is 127. The summed E-state index contributed by atoms with van der Waals surface area (Å²) >= 11 is 2.09. The first kappa shape index (κ1) is 21.1. The third-order valence-electron chi connectivity index (χ3n) is 6.73. The van der Waals surface area contributed by atoms with Crippen LogP contribution in [0, 0.1) is 33.2 Å². The lowest BCUT2D eigenvalue weighted by molar-refractivity contribution is -0.157. The first-order valence-corrected chi connectivity index (χ1v) is 10.8. The fourth-order valence-corrected chi connectivity index (χ4v) is 6.26. The van der Waals surface area contributed by atoms with Gasteiger partial charge in [-0.25, -0.2) is 0 Å². The summed E-state index contributed by atoms with van der Waals surface area (Å²) in [6.45, 7) is 0. The fraction of sp³-hybridized carbons (Fsp3) is 0.476. The van der Waals surface area contributed by atoms with Gasteiger partial charge in [0.25, 0.3) is 0 Å². The maximum atomic E-state index is 13.5. The van der Waals surface area contributed by atoms with E-state index >= 15 is 0 Å². The van der Waals surface area contributed by atoms with Crippen molar-refractivity contribution in [3.8, 4) is 5.75 Å². The zero-order valence-corrected chi connectivity index (χ0v) is 18.6. The maximum Gasteiger partial charge on any atom is 0.235 e. The zero-order valence-electron chi connectivity index (χ0n) is 16.4. The predicted octanol–water partition coefficient (Wildman–Crippen LogP) is 0.357. The Kier molecular flexibility index (Phi) is 5.08. The molecule has 8 nitrogen and oxygen atoms in total. The van der Waals surface area contributed by atoms with Crippen LogP contribution in [0.2, 0.25) is 0 Å². The molecule has 0 radical (unpaired) electrons. The van der Waals surface area contributed by atoms with Gasteiger partial charge in [0.05, 0.1) is 23.4 Å². The zero-order chi connectivity index (χ0) is 22.1. The van der Waals surface area contributed by atoms with Crippen molar-refractivity contribution in [2.24, 2.45) is 35.3 Å². The Morgan fingerprint density at radius 1 is 1.10 bits per heavy atom. The van der Waals surface area contributed by atoms with E-state index in [1.807, 2.05) is 0 Å². The Morgan fingerprint density at radius 2 is 1.77 bits per heavy atom. The molecule has 3 N–H and O–H groups in total. The van der Waals surface area contributed by atoms with E-state index in [0.29, 0.717) is 18.4 Å². The number of phenols is 1. The van der Waals surface area contributed by atoms with Crippen molar-refractivity contribution in [3.63, 3.8) is 0 Å².